The maximum atomic E-state index is 5.46. The van der Waals surface area contributed by atoms with Crippen molar-refractivity contribution in [2.24, 2.45) is 17.3 Å². The molecule has 0 aromatic rings. The average molecular weight is 254 g/mol. The zero-order chi connectivity index (χ0) is 12.8. The number of hydrogen-bond donors (Lipinski definition) is 2. The normalized spacial score (nSPS) is 26.7. The van der Waals surface area contributed by atoms with Crippen molar-refractivity contribution in [3.8, 4) is 0 Å². The molecule has 2 heterocycles. The molecule has 0 saturated carbocycles. The van der Waals surface area contributed by atoms with E-state index >= 15 is 0 Å². The quantitative estimate of drug-likeness (QED) is 0.712. The van der Waals surface area contributed by atoms with Crippen LogP contribution in [0.2, 0.25) is 0 Å². The molecule has 2 N–H and O–H groups in total. The number of hydrogen-bond acceptors (Lipinski definition) is 3. The van der Waals surface area contributed by atoms with Crippen molar-refractivity contribution in [3.63, 3.8) is 0 Å². The molecule has 0 spiro atoms. The minimum Gasteiger partial charge on any atom is -0.381 e. The summed E-state index contributed by atoms with van der Waals surface area (Å²) in [5.74, 6) is 1.73. The van der Waals surface area contributed by atoms with Gasteiger partial charge in [-0.3, -0.25) is 0 Å². The van der Waals surface area contributed by atoms with E-state index in [9.17, 15) is 0 Å². The van der Waals surface area contributed by atoms with E-state index in [0.717, 1.165) is 31.6 Å². The van der Waals surface area contributed by atoms with Crippen molar-refractivity contribution in [1.82, 2.24) is 10.6 Å². The highest BCUT2D eigenvalue weighted by Crippen LogP contribution is 2.33. The van der Waals surface area contributed by atoms with E-state index in [1.54, 1.807) is 0 Å². The van der Waals surface area contributed by atoms with Gasteiger partial charge in [0.1, 0.15) is 0 Å². The molecule has 1 unspecified atom stereocenters. The van der Waals surface area contributed by atoms with Crippen LogP contribution in [0.1, 0.15) is 39.5 Å². The van der Waals surface area contributed by atoms with Gasteiger partial charge in [-0.15, -0.1) is 0 Å². The van der Waals surface area contributed by atoms with Gasteiger partial charge in [0.15, 0.2) is 0 Å². The van der Waals surface area contributed by atoms with Crippen LogP contribution < -0.4 is 10.6 Å². The molecular weight excluding hydrogens is 224 g/mol. The lowest BCUT2D eigenvalue weighted by atomic mass is 9.74. The fraction of sp³-hybridized carbons (Fsp3) is 1.00. The molecule has 2 saturated heterocycles. The monoisotopic (exact) mass is 254 g/mol. The second-order valence-corrected chi connectivity index (χ2v) is 6.70. The molecule has 0 amide bonds. The standard InChI is InChI=1S/C15H30N2O/c1-15(2,14-5-9-18-10-6-14)12-17-8-4-13-3-7-16-11-13/h13-14,16-17H,3-12H2,1-2H3. The second kappa shape index (κ2) is 6.88. The molecule has 2 aliphatic heterocycles. The largest absolute Gasteiger partial charge is 0.381 e. The lowest BCUT2D eigenvalue weighted by molar-refractivity contribution is 0.0228. The highest BCUT2D eigenvalue weighted by atomic mass is 16.5. The molecule has 2 fully saturated rings. The van der Waals surface area contributed by atoms with Gasteiger partial charge in [0, 0.05) is 19.8 Å². The van der Waals surface area contributed by atoms with Crippen LogP contribution in [-0.4, -0.2) is 39.4 Å². The molecule has 18 heavy (non-hydrogen) atoms. The summed E-state index contributed by atoms with van der Waals surface area (Å²) < 4.78 is 5.46. The van der Waals surface area contributed by atoms with Crippen LogP contribution in [0.3, 0.4) is 0 Å². The smallest absolute Gasteiger partial charge is 0.0468 e. The summed E-state index contributed by atoms with van der Waals surface area (Å²) >= 11 is 0. The van der Waals surface area contributed by atoms with Gasteiger partial charge < -0.3 is 15.4 Å². The van der Waals surface area contributed by atoms with Crippen molar-refractivity contribution in [1.29, 1.82) is 0 Å². The molecule has 0 aromatic carbocycles. The molecule has 0 bridgehead atoms. The SMILES string of the molecule is CC(C)(CNCCC1CCNC1)C1CCOCC1. The van der Waals surface area contributed by atoms with Crippen LogP contribution in [0, 0.1) is 17.3 Å². The third-order valence-corrected chi connectivity index (χ3v) is 4.80. The van der Waals surface area contributed by atoms with Crippen LogP contribution in [0.15, 0.2) is 0 Å². The van der Waals surface area contributed by atoms with Crippen LogP contribution in [0.4, 0.5) is 0 Å². The molecule has 106 valence electrons. The van der Waals surface area contributed by atoms with Gasteiger partial charge in [-0.1, -0.05) is 13.8 Å². The molecule has 3 heteroatoms. The first kappa shape index (κ1) is 14.3. The van der Waals surface area contributed by atoms with Gasteiger partial charge in [0.2, 0.25) is 0 Å². The van der Waals surface area contributed by atoms with Crippen LogP contribution in [-0.2, 0) is 4.74 Å². The van der Waals surface area contributed by atoms with E-state index in [0.29, 0.717) is 5.41 Å². The summed E-state index contributed by atoms with van der Waals surface area (Å²) in [7, 11) is 0. The number of nitrogens with one attached hydrogen (secondary N) is 2. The van der Waals surface area contributed by atoms with Crippen molar-refractivity contribution < 1.29 is 4.74 Å². The molecule has 0 aliphatic carbocycles. The number of rotatable bonds is 6. The summed E-state index contributed by atoms with van der Waals surface area (Å²) in [6.45, 7) is 11.5. The topological polar surface area (TPSA) is 33.3 Å². The van der Waals surface area contributed by atoms with Crippen molar-refractivity contribution >= 4 is 0 Å². The summed E-state index contributed by atoms with van der Waals surface area (Å²) in [6, 6.07) is 0. The molecule has 1 atom stereocenters. The maximum Gasteiger partial charge on any atom is 0.0468 e. The third-order valence-electron chi connectivity index (χ3n) is 4.80. The Kier molecular flexibility index (Phi) is 5.46. The Morgan fingerprint density at radius 3 is 2.67 bits per heavy atom. The first-order valence-corrected chi connectivity index (χ1v) is 7.68. The predicted octanol–water partition coefficient (Wildman–Crippen LogP) is 2.03. The average Bonchev–Trinajstić information content (AvgIpc) is 2.89. The summed E-state index contributed by atoms with van der Waals surface area (Å²) in [6.07, 6.45) is 5.17. The molecule has 2 aliphatic rings. The van der Waals surface area contributed by atoms with Crippen LogP contribution in [0.25, 0.3) is 0 Å². The Morgan fingerprint density at radius 2 is 2.00 bits per heavy atom. The van der Waals surface area contributed by atoms with E-state index in [4.69, 9.17) is 4.74 Å². The Labute approximate surface area is 112 Å². The predicted molar refractivity (Wildman–Crippen MR) is 75.8 cm³/mol. The second-order valence-electron chi connectivity index (χ2n) is 6.70. The van der Waals surface area contributed by atoms with Gasteiger partial charge >= 0.3 is 0 Å². The van der Waals surface area contributed by atoms with Gasteiger partial charge in [-0.2, -0.15) is 0 Å². The van der Waals surface area contributed by atoms with E-state index in [1.165, 1.54) is 45.3 Å². The molecule has 0 aromatic heterocycles. The van der Waals surface area contributed by atoms with Gasteiger partial charge in [-0.05, 0) is 62.6 Å². The summed E-state index contributed by atoms with van der Waals surface area (Å²) in [5, 5.41) is 7.12. The van der Waals surface area contributed by atoms with Crippen LogP contribution in [0.5, 0.6) is 0 Å². The van der Waals surface area contributed by atoms with E-state index < -0.39 is 0 Å². The Hall–Kier alpha value is -0.120. The van der Waals surface area contributed by atoms with E-state index in [1.807, 2.05) is 0 Å². The summed E-state index contributed by atoms with van der Waals surface area (Å²) in [5.41, 5.74) is 0.414. The van der Waals surface area contributed by atoms with Crippen molar-refractivity contribution in [2.45, 2.75) is 39.5 Å². The fourth-order valence-electron chi connectivity index (χ4n) is 3.30. The van der Waals surface area contributed by atoms with Gasteiger partial charge in [0.05, 0.1) is 0 Å². The number of ether oxygens (including phenoxy) is 1. The van der Waals surface area contributed by atoms with Gasteiger partial charge in [0.25, 0.3) is 0 Å². The van der Waals surface area contributed by atoms with E-state index in [2.05, 4.69) is 24.5 Å². The van der Waals surface area contributed by atoms with Crippen molar-refractivity contribution in [3.05, 3.63) is 0 Å². The minimum atomic E-state index is 0.414. The third kappa shape index (κ3) is 4.22. The molecular formula is C15H30N2O. The lowest BCUT2D eigenvalue weighted by Crippen LogP contribution is -2.39. The molecule has 2 rings (SSSR count). The first-order chi connectivity index (χ1) is 8.68. The molecule has 0 radical (unpaired) electrons. The first-order valence-electron chi connectivity index (χ1n) is 7.68. The Bertz CT molecular complexity index is 231. The fourth-order valence-corrected chi connectivity index (χ4v) is 3.30. The zero-order valence-corrected chi connectivity index (χ0v) is 12.1. The maximum absolute atomic E-state index is 5.46. The molecule has 3 nitrogen and oxygen atoms in total. The van der Waals surface area contributed by atoms with E-state index in [-0.39, 0.29) is 0 Å². The highest BCUT2D eigenvalue weighted by Gasteiger charge is 2.30. The van der Waals surface area contributed by atoms with Gasteiger partial charge in [-0.25, -0.2) is 0 Å². The van der Waals surface area contributed by atoms with Crippen LogP contribution >= 0.6 is 0 Å². The summed E-state index contributed by atoms with van der Waals surface area (Å²) in [4.78, 5) is 0. The zero-order valence-electron chi connectivity index (χ0n) is 12.1. The minimum absolute atomic E-state index is 0.414. The Morgan fingerprint density at radius 1 is 1.22 bits per heavy atom. The Balaban J connectivity index is 1.61. The highest BCUT2D eigenvalue weighted by molar-refractivity contribution is 4.82. The lowest BCUT2D eigenvalue weighted by Gasteiger charge is -2.37. The van der Waals surface area contributed by atoms with Crippen molar-refractivity contribution in [2.75, 3.05) is 39.4 Å².